The Kier molecular flexibility index (Phi) is 3.98. The highest BCUT2D eigenvalue weighted by atomic mass is 16.6. The minimum atomic E-state index is -0.623. The van der Waals surface area contributed by atoms with E-state index in [0.29, 0.717) is 11.1 Å². The molecule has 0 atom stereocenters. The highest BCUT2D eigenvalue weighted by molar-refractivity contribution is 5.66. The molecule has 0 unspecified atom stereocenters. The van der Waals surface area contributed by atoms with Crippen molar-refractivity contribution < 1.29 is 9.85 Å². The van der Waals surface area contributed by atoms with Gasteiger partial charge in [0.1, 0.15) is 0 Å². The van der Waals surface area contributed by atoms with Crippen molar-refractivity contribution in [2.75, 3.05) is 14.1 Å². The van der Waals surface area contributed by atoms with Crippen molar-refractivity contribution in [2.24, 2.45) is 0 Å². The third-order valence-corrected chi connectivity index (χ3v) is 2.29. The van der Waals surface area contributed by atoms with Gasteiger partial charge in [-0.3, -0.25) is 20.2 Å². The van der Waals surface area contributed by atoms with E-state index in [1.54, 1.807) is 38.2 Å². The molecule has 1 rings (SSSR count). The van der Waals surface area contributed by atoms with Gasteiger partial charge in [-0.15, -0.1) is 0 Å². The second kappa shape index (κ2) is 5.26. The molecule has 0 spiro atoms. The molecule has 0 N–H and O–H groups in total. The molecule has 1 aromatic carbocycles. The molecule has 0 aliphatic carbocycles. The first-order valence-corrected chi connectivity index (χ1v) is 5.11. The third-order valence-electron chi connectivity index (χ3n) is 2.29. The summed E-state index contributed by atoms with van der Waals surface area (Å²) < 4.78 is 0. The van der Waals surface area contributed by atoms with E-state index in [1.165, 1.54) is 6.07 Å². The lowest BCUT2D eigenvalue weighted by atomic mass is 10.1. The maximum atomic E-state index is 10.9. The van der Waals surface area contributed by atoms with Crippen LogP contribution in [0.25, 0.3) is 6.08 Å². The number of hydrogen-bond donors (Lipinski definition) is 0. The number of benzene rings is 1. The Labute approximate surface area is 104 Å². The lowest BCUT2D eigenvalue weighted by molar-refractivity contribution is -0.394. The maximum absolute atomic E-state index is 10.9. The maximum Gasteiger partial charge on any atom is 0.283 e. The Balaban J connectivity index is 3.38. The number of aryl methyl sites for hydroxylation is 1. The predicted octanol–water partition coefficient (Wildman–Crippen LogP) is 2.34. The topological polar surface area (TPSA) is 89.5 Å². The van der Waals surface area contributed by atoms with E-state index in [-0.39, 0.29) is 11.4 Å². The zero-order valence-corrected chi connectivity index (χ0v) is 10.3. The van der Waals surface area contributed by atoms with Gasteiger partial charge < -0.3 is 4.90 Å². The van der Waals surface area contributed by atoms with Crippen LogP contribution in [0.2, 0.25) is 0 Å². The van der Waals surface area contributed by atoms with E-state index >= 15 is 0 Å². The number of nitrogens with zero attached hydrogens (tertiary/aromatic N) is 3. The van der Waals surface area contributed by atoms with E-state index in [9.17, 15) is 20.2 Å². The van der Waals surface area contributed by atoms with Gasteiger partial charge in [0.25, 0.3) is 11.4 Å². The summed E-state index contributed by atoms with van der Waals surface area (Å²) >= 11 is 0. The van der Waals surface area contributed by atoms with E-state index in [0.717, 1.165) is 6.07 Å². The average Bonchev–Trinajstić information content (AvgIpc) is 2.25. The SMILES string of the molecule is Cc1cc(/C=C/N(C)C)c([N+](=O)[O-])cc1[N+](=O)[O-]. The molecule has 0 radical (unpaired) electrons. The van der Waals surface area contributed by atoms with Crippen LogP contribution >= 0.6 is 0 Å². The van der Waals surface area contributed by atoms with Gasteiger partial charge >= 0.3 is 0 Å². The number of nitro groups is 2. The molecule has 0 amide bonds. The second-order valence-corrected chi connectivity index (χ2v) is 3.99. The highest BCUT2D eigenvalue weighted by Crippen LogP contribution is 2.29. The summed E-state index contributed by atoms with van der Waals surface area (Å²) in [6.07, 6.45) is 3.20. The molecule has 0 bridgehead atoms. The average molecular weight is 251 g/mol. The Morgan fingerprint density at radius 1 is 1.11 bits per heavy atom. The monoisotopic (exact) mass is 251 g/mol. The van der Waals surface area contributed by atoms with Crippen LogP contribution in [0.5, 0.6) is 0 Å². The molecule has 0 aliphatic heterocycles. The smallest absolute Gasteiger partial charge is 0.283 e. The Hall–Kier alpha value is -2.44. The van der Waals surface area contributed by atoms with Crippen molar-refractivity contribution in [1.29, 1.82) is 0 Å². The highest BCUT2D eigenvalue weighted by Gasteiger charge is 2.20. The molecule has 0 heterocycles. The van der Waals surface area contributed by atoms with Gasteiger partial charge in [-0.2, -0.15) is 0 Å². The largest absolute Gasteiger partial charge is 0.383 e. The van der Waals surface area contributed by atoms with Crippen molar-refractivity contribution in [3.05, 3.63) is 49.7 Å². The Morgan fingerprint density at radius 2 is 1.67 bits per heavy atom. The van der Waals surface area contributed by atoms with E-state index < -0.39 is 9.85 Å². The Bertz CT molecular complexity index is 523. The number of hydrogen-bond acceptors (Lipinski definition) is 5. The summed E-state index contributed by atoms with van der Waals surface area (Å²) in [5, 5.41) is 21.6. The summed E-state index contributed by atoms with van der Waals surface area (Å²) in [5.74, 6) is 0. The van der Waals surface area contributed by atoms with E-state index in [4.69, 9.17) is 0 Å². The van der Waals surface area contributed by atoms with Gasteiger partial charge in [-0.25, -0.2) is 0 Å². The van der Waals surface area contributed by atoms with Gasteiger partial charge in [-0.05, 0) is 25.3 Å². The summed E-state index contributed by atoms with van der Waals surface area (Å²) in [5.41, 5.74) is 0.218. The minimum Gasteiger partial charge on any atom is -0.383 e. The fourth-order valence-corrected chi connectivity index (χ4v) is 1.43. The number of nitro benzene ring substituents is 2. The molecule has 7 heteroatoms. The molecule has 0 saturated heterocycles. The van der Waals surface area contributed by atoms with Gasteiger partial charge in [0, 0.05) is 19.7 Å². The predicted molar refractivity (Wildman–Crippen MR) is 67.2 cm³/mol. The van der Waals surface area contributed by atoms with Gasteiger partial charge in [0.2, 0.25) is 0 Å². The molecule has 18 heavy (non-hydrogen) atoms. The fourth-order valence-electron chi connectivity index (χ4n) is 1.43. The first-order valence-electron chi connectivity index (χ1n) is 5.11. The van der Waals surface area contributed by atoms with E-state index in [2.05, 4.69) is 0 Å². The van der Waals surface area contributed by atoms with Crippen LogP contribution in [-0.4, -0.2) is 28.8 Å². The van der Waals surface area contributed by atoms with Crippen LogP contribution in [-0.2, 0) is 0 Å². The van der Waals surface area contributed by atoms with Crippen molar-refractivity contribution in [2.45, 2.75) is 6.92 Å². The normalized spacial score (nSPS) is 10.6. The molecule has 1 aromatic rings. The summed E-state index contributed by atoms with van der Waals surface area (Å²) in [4.78, 5) is 22.1. The first kappa shape index (κ1) is 13.6. The van der Waals surface area contributed by atoms with Gasteiger partial charge in [-0.1, -0.05) is 0 Å². The van der Waals surface area contributed by atoms with Crippen LogP contribution in [0.15, 0.2) is 18.3 Å². The lowest BCUT2D eigenvalue weighted by Crippen LogP contribution is -2.01. The lowest BCUT2D eigenvalue weighted by Gasteiger charge is -2.05. The van der Waals surface area contributed by atoms with Crippen LogP contribution in [0, 0.1) is 27.2 Å². The number of rotatable bonds is 4. The molecule has 0 aromatic heterocycles. The standard InChI is InChI=1S/C11H13N3O4/c1-8-6-9(4-5-12(2)3)11(14(17)18)7-10(8)13(15)16/h4-7H,1-3H3/b5-4+. The van der Waals surface area contributed by atoms with Crippen LogP contribution in [0.1, 0.15) is 11.1 Å². The molecule has 0 fully saturated rings. The van der Waals surface area contributed by atoms with Gasteiger partial charge in [0.15, 0.2) is 0 Å². The van der Waals surface area contributed by atoms with Crippen LogP contribution in [0.3, 0.4) is 0 Å². The molecule has 96 valence electrons. The van der Waals surface area contributed by atoms with Gasteiger partial charge in [0.05, 0.1) is 21.5 Å². The van der Waals surface area contributed by atoms with Crippen LogP contribution in [0.4, 0.5) is 11.4 Å². The van der Waals surface area contributed by atoms with E-state index in [1.807, 2.05) is 0 Å². The van der Waals surface area contributed by atoms with Crippen molar-refractivity contribution in [3.8, 4) is 0 Å². The molecule has 7 nitrogen and oxygen atoms in total. The summed E-state index contributed by atoms with van der Waals surface area (Å²) in [6, 6.07) is 2.43. The molecule has 0 aliphatic rings. The van der Waals surface area contributed by atoms with Crippen LogP contribution < -0.4 is 0 Å². The van der Waals surface area contributed by atoms with Crippen molar-refractivity contribution in [3.63, 3.8) is 0 Å². The molecule has 0 saturated carbocycles. The fraction of sp³-hybridized carbons (Fsp3) is 0.273. The second-order valence-electron chi connectivity index (χ2n) is 3.99. The molecular weight excluding hydrogens is 238 g/mol. The quantitative estimate of drug-likeness (QED) is 0.605. The summed E-state index contributed by atoms with van der Waals surface area (Å²) in [6.45, 7) is 1.55. The first-order chi connectivity index (χ1) is 8.32. The zero-order chi connectivity index (χ0) is 13.9. The molecular formula is C11H13N3O4. The zero-order valence-electron chi connectivity index (χ0n) is 10.3. The Morgan fingerprint density at radius 3 is 2.11 bits per heavy atom. The van der Waals surface area contributed by atoms with Crippen molar-refractivity contribution >= 4 is 17.5 Å². The third kappa shape index (κ3) is 3.03. The summed E-state index contributed by atoms with van der Waals surface area (Å²) in [7, 11) is 3.56. The van der Waals surface area contributed by atoms with Crippen molar-refractivity contribution in [1.82, 2.24) is 4.90 Å². The minimum absolute atomic E-state index is 0.247.